The zero-order chi connectivity index (χ0) is 18.5. The molecule has 0 aromatic heterocycles. The minimum Gasteiger partial charge on any atom is -0.365 e. The minimum absolute atomic E-state index is 0.131. The van der Waals surface area contributed by atoms with Crippen LogP contribution in [0.1, 0.15) is 5.56 Å². The first-order valence-corrected chi connectivity index (χ1v) is 9.10. The van der Waals surface area contributed by atoms with Gasteiger partial charge in [0.2, 0.25) is 0 Å². The van der Waals surface area contributed by atoms with E-state index in [-0.39, 0.29) is 23.1 Å². The molecule has 0 saturated carbocycles. The Morgan fingerprint density at radius 3 is 2.54 bits per heavy atom. The maximum atomic E-state index is 12.5. The van der Waals surface area contributed by atoms with Gasteiger partial charge in [-0.3, -0.25) is 19.8 Å². The highest BCUT2D eigenvalue weighted by atomic mass is 32.1. The van der Waals surface area contributed by atoms with Gasteiger partial charge < -0.3 is 9.80 Å². The fourth-order valence-electron chi connectivity index (χ4n) is 3.19. The zero-order valence-corrected chi connectivity index (χ0v) is 15.4. The molecule has 2 aliphatic heterocycles. The van der Waals surface area contributed by atoms with Crippen LogP contribution in [0.4, 0.5) is 0 Å². The third-order valence-corrected chi connectivity index (χ3v) is 4.93. The summed E-state index contributed by atoms with van der Waals surface area (Å²) in [6.07, 6.45) is 3.26. The van der Waals surface area contributed by atoms with Crippen molar-refractivity contribution < 1.29 is 14.5 Å². The predicted molar refractivity (Wildman–Crippen MR) is 103 cm³/mol. The predicted octanol–water partition coefficient (Wildman–Crippen LogP) is -0.300. The maximum Gasteiger partial charge on any atom is 0.267 e. The molecule has 2 aliphatic rings. The summed E-state index contributed by atoms with van der Waals surface area (Å²) in [6.45, 7) is 8.43. The zero-order valence-electron chi connectivity index (χ0n) is 14.6. The lowest BCUT2D eigenvalue weighted by Gasteiger charge is -2.33. The number of thiocarbonyl (C=S) groups is 1. The van der Waals surface area contributed by atoms with Crippen LogP contribution in [0.2, 0.25) is 0 Å². The Bertz CT molecular complexity index is 739. The van der Waals surface area contributed by atoms with Crippen LogP contribution in [-0.2, 0) is 16.1 Å². The number of nitrogens with zero attached hydrogens (tertiary/aromatic N) is 2. The number of benzene rings is 1. The van der Waals surface area contributed by atoms with Crippen LogP contribution in [-0.4, -0.2) is 59.5 Å². The summed E-state index contributed by atoms with van der Waals surface area (Å²) >= 11 is 5.06. The molecule has 26 heavy (non-hydrogen) atoms. The molecule has 0 atom stereocenters. The van der Waals surface area contributed by atoms with Crippen molar-refractivity contribution in [3.63, 3.8) is 0 Å². The number of piperazine rings is 1. The van der Waals surface area contributed by atoms with Gasteiger partial charge in [0.05, 0.1) is 26.2 Å². The monoisotopic (exact) mass is 371 g/mol. The molecule has 2 fully saturated rings. The van der Waals surface area contributed by atoms with Gasteiger partial charge in [0.25, 0.3) is 11.8 Å². The molecular formula is C19H23N4O2S+. The molecule has 7 heteroatoms. The quantitative estimate of drug-likeness (QED) is 0.323. The lowest BCUT2D eigenvalue weighted by Crippen LogP contribution is -3.13. The Labute approximate surface area is 158 Å². The number of nitrogens with one attached hydrogen (secondary N) is 2. The molecule has 0 spiro atoms. The first-order valence-electron chi connectivity index (χ1n) is 8.70. The van der Waals surface area contributed by atoms with E-state index in [1.807, 2.05) is 11.0 Å². The van der Waals surface area contributed by atoms with Crippen molar-refractivity contribution in [2.24, 2.45) is 0 Å². The van der Waals surface area contributed by atoms with Gasteiger partial charge in [0.15, 0.2) is 5.11 Å². The number of hydrogen-bond donors (Lipinski definition) is 2. The molecule has 0 aliphatic carbocycles. The van der Waals surface area contributed by atoms with Crippen molar-refractivity contribution >= 4 is 29.1 Å². The van der Waals surface area contributed by atoms with Crippen LogP contribution in [0.3, 0.4) is 0 Å². The van der Waals surface area contributed by atoms with E-state index in [4.69, 9.17) is 12.2 Å². The molecule has 2 N–H and O–H groups in total. The van der Waals surface area contributed by atoms with Crippen LogP contribution >= 0.6 is 12.2 Å². The van der Waals surface area contributed by atoms with E-state index in [1.54, 1.807) is 12.3 Å². The SMILES string of the molecule is C=CCN1C(=O)/C(=C\N2CC[NH+](Cc3ccccc3)CC2)C(=O)NC1=S. The maximum absolute atomic E-state index is 12.5. The second-order valence-corrected chi connectivity index (χ2v) is 6.84. The average Bonchev–Trinajstić information content (AvgIpc) is 2.64. The molecule has 6 nitrogen and oxygen atoms in total. The standard InChI is InChI=1S/C19H22N4O2S/c1-2-8-23-18(25)16(17(24)20-19(23)26)14-22-11-9-21(10-12-22)13-15-6-4-3-5-7-15/h2-7,14H,1,8-13H2,(H,20,24,26)/p+1/b16-14-. The van der Waals surface area contributed by atoms with E-state index in [2.05, 4.69) is 36.2 Å². The van der Waals surface area contributed by atoms with Crippen LogP contribution in [0.25, 0.3) is 0 Å². The highest BCUT2D eigenvalue weighted by Gasteiger charge is 2.33. The molecule has 2 heterocycles. The highest BCUT2D eigenvalue weighted by molar-refractivity contribution is 7.80. The minimum atomic E-state index is -0.431. The molecular weight excluding hydrogens is 348 g/mol. The number of carbonyl (C=O) groups is 2. The summed E-state index contributed by atoms with van der Waals surface area (Å²) in [7, 11) is 0. The average molecular weight is 371 g/mol. The Morgan fingerprint density at radius 2 is 1.88 bits per heavy atom. The fraction of sp³-hybridized carbons (Fsp3) is 0.316. The first-order chi connectivity index (χ1) is 12.6. The topological polar surface area (TPSA) is 57.1 Å². The summed E-state index contributed by atoms with van der Waals surface area (Å²) in [5.74, 6) is -0.794. The van der Waals surface area contributed by atoms with Crippen molar-refractivity contribution in [1.29, 1.82) is 0 Å². The van der Waals surface area contributed by atoms with Gasteiger partial charge in [-0.2, -0.15) is 0 Å². The lowest BCUT2D eigenvalue weighted by atomic mass is 10.1. The van der Waals surface area contributed by atoms with Crippen LogP contribution in [0.15, 0.2) is 54.8 Å². The van der Waals surface area contributed by atoms with Crippen molar-refractivity contribution in [3.05, 3.63) is 60.3 Å². The number of rotatable bonds is 5. The van der Waals surface area contributed by atoms with Crippen LogP contribution in [0.5, 0.6) is 0 Å². The molecule has 2 saturated heterocycles. The van der Waals surface area contributed by atoms with Gasteiger partial charge in [-0.1, -0.05) is 36.4 Å². The molecule has 136 valence electrons. The Kier molecular flexibility index (Phi) is 5.80. The molecule has 0 radical (unpaired) electrons. The van der Waals surface area contributed by atoms with Gasteiger partial charge in [-0.05, 0) is 12.2 Å². The molecule has 0 bridgehead atoms. The van der Waals surface area contributed by atoms with E-state index in [9.17, 15) is 9.59 Å². The second-order valence-electron chi connectivity index (χ2n) is 6.45. The lowest BCUT2D eigenvalue weighted by molar-refractivity contribution is -0.917. The van der Waals surface area contributed by atoms with Gasteiger partial charge in [0, 0.05) is 18.3 Å². The summed E-state index contributed by atoms with van der Waals surface area (Å²) in [5.41, 5.74) is 1.46. The fourth-order valence-corrected chi connectivity index (χ4v) is 3.44. The summed E-state index contributed by atoms with van der Waals surface area (Å²) < 4.78 is 0. The smallest absolute Gasteiger partial charge is 0.267 e. The summed E-state index contributed by atoms with van der Waals surface area (Å²) in [5, 5.41) is 2.71. The number of hydrogen-bond acceptors (Lipinski definition) is 4. The van der Waals surface area contributed by atoms with Crippen LogP contribution in [0, 0.1) is 0 Å². The van der Waals surface area contributed by atoms with E-state index < -0.39 is 5.91 Å². The van der Waals surface area contributed by atoms with E-state index in [1.165, 1.54) is 15.4 Å². The molecule has 1 aromatic carbocycles. The van der Waals surface area contributed by atoms with Gasteiger partial charge in [-0.15, -0.1) is 6.58 Å². The third kappa shape index (κ3) is 4.17. The molecule has 0 unspecified atom stereocenters. The molecule has 1 aromatic rings. The third-order valence-electron chi connectivity index (χ3n) is 4.61. The van der Waals surface area contributed by atoms with Gasteiger partial charge >= 0.3 is 0 Å². The normalized spacial score (nSPS) is 20.5. The summed E-state index contributed by atoms with van der Waals surface area (Å²) in [6, 6.07) is 10.4. The van der Waals surface area contributed by atoms with E-state index in [0.717, 1.165) is 32.7 Å². The van der Waals surface area contributed by atoms with E-state index >= 15 is 0 Å². The Balaban J connectivity index is 1.61. The second kappa shape index (κ2) is 8.25. The molecule has 3 rings (SSSR count). The van der Waals surface area contributed by atoms with Gasteiger partial charge in [0.1, 0.15) is 12.1 Å². The van der Waals surface area contributed by atoms with Crippen LogP contribution < -0.4 is 10.2 Å². The van der Waals surface area contributed by atoms with Crippen molar-refractivity contribution in [1.82, 2.24) is 15.1 Å². The van der Waals surface area contributed by atoms with Crippen molar-refractivity contribution in [3.8, 4) is 0 Å². The Hall–Kier alpha value is -2.51. The highest BCUT2D eigenvalue weighted by Crippen LogP contribution is 2.11. The Morgan fingerprint density at radius 1 is 1.19 bits per heavy atom. The van der Waals surface area contributed by atoms with Gasteiger partial charge in [-0.25, -0.2) is 0 Å². The number of quaternary nitrogens is 1. The number of amides is 2. The van der Waals surface area contributed by atoms with Crippen molar-refractivity contribution in [2.75, 3.05) is 32.7 Å². The first kappa shape index (κ1) is 18.3. The van der Waals surface area contributed by atoms with Crippen molar-refractivity contribution in [2.45, 2.75) is 6.54 Å². The molecule has 2 amide bonds. The number of carbonyl (C=O) groups excluding carboxylic acids is 2. The van der Waals surface area contributed by atoms with E-state index in [0.29, 0.717) is 0 Å². The largest absolute Gasteiger partial charge is 0.365 e. The summed E-state index contributed by atoms with van der Waals surface area (Å²) in [4.78, 5) is 29.6.